The van der Waals surface area contributed by atoms with Crippen LogP contribution >= 0.6 is 0 Å². The summed E-state index contributed by atoms with van der Waals surface area (Å²) in [5, 5.41) is 1.03. The van der Waals surface area contributed by atoms with Crippen LogP contribution < -0.4 is 4.74 Å². The van der Waals surface area contributed by atoms with E-state index in [0.29, 0.717) is 6.61 Å². The normalized spacial score (nSPS) is 12.1. The molecule has 1 atom stereocenters. The molecule has 0 saturated carbocycles. The van der Waals surface area contributed by atoms with E-state index in [1.54, 1.807) is 0 Å². The number of esters is 1. The first-order valence-electron chi connectivity index (χ1n) is 7.54. The lowest BCUT2D eigenvalue weighted by atomic mass is 10.2. The van der Waals surface area contributed by atoms with Crippen LogP contribution in [0.25, 0.3) is 10.9 Å². The van der Waals surface area contributed by atoms with Crippen molar-refractivity contribution in [3.63, 3.8) is 0 Å². The Morgan fingerprint density at radius 2 is 1.91 bits per heavy atom. The molecule has 3 aromatic rings. The Morgan fingerprint density at radius 3 is 2.65 bits per heavy atom. The maximum atomic E-state index is 11.7. The highest BCUT2D eigenvalue weighted by Gasteiger charge is 2.16. The minimum Gasteiger partial charge on any atom is -0.489 e. The predicted octanol–water partition coefficient (Wildman–Crippen LogP) is 3.95. The summed E-state index contributed by atoms with van der Waals surface area (Å²) in [5.74, 6) is 0.553. The number of aromatic nitrogens is 1. The zero-order valence-corrected chi connectivity index (χ0v) is 13.2. The number of fused-ring (bicyclic) bond motifs is 1. The van der Waals surface area contributed by atoms with E-state index in [0.717, 1.165) is 22.2 Å². The number of rotatable bonds is 5. The monoisotopic (exact) mass is 309 g/mol. The summed E-state index contributed by atoms with van der Waals surface area (Å²) in [4.78, 5) is 11.7. The smallest absolute Gasteiger partial charge is 0.328 e. The predicted molar refractivity (Wildman–Crippen MR) is 89.4 cm³/mol. The van der Waals surface area contributed by atoms with Crippen LogP contribution in [0.5, 0.6) is 5.75 Å². The van der Waals surface area contributed by atoms with E-state index in [9.17, 15) is 4.79 Å². The zero-order valence-electron chi connectivity index (χ0n) is 13.2. The molecule has 0 aliphatic carbocycles. The number of hydrogen-bond donors (Lipinski definition) is 0. The summed E-state index contributed by atoms with van der Waals surface area (Å²) in [6.07, 6.45) is 1.90. The van der Waals surface area contributed by atoms with Crippen LogP contribution in [0.1, 0.15) is 18.5 Å². The second-order valence-electron chi connectivity index (χ2n) is 5.42. The summed E-state index contributed by atoms with van der Waals surface area (Å²) in [6.45, 7) is 2.36. The third-order valence-corrected chi connectivity index (χ3v) is 3.90. The molecule has 4 heteroatoms. The Hall–Kier alpha value is -2.75. The fourth-order valence-electron chi connectivity index (χ4n) is 2.59. The number of carbonyl (C=O) groups excluding carboxylic acids is 1. The van der Waals surface area contributed by atoms with Gasteiger partial charge in [-0.1, -0.05) is 30.3 Å². The standard InChI is InChI=1S/C19H19NO3/c1-14(19(21)22-2)20-11-10-16-12-17(8-9-18(16)20)23-13-15-6-4-3-5-7-15/h3-12,14H,13H2,1-2H3. The van der Waals surface area contributed by atoms with Gasteiger partial charge in [0.25, 0.3) is 0 Å². The minimum absolute atomic E-state index is 0.257. The topological polar surface area (TPSA) is 40.5 Å². The average molecular weight is 309 g/mol. The number of methoxy groups -OCH3 is 1. The van der Waals surface area contributed by atoms with Crippen molar-refractivity contribution < 1.29 is 14.3 Å². The van der Waals surface area contributed by atoms with Gasteiger partial charge in [-0.3, -0.25) is 0 Å². The SMILES string of the molecule is COC(=O)C(C)n1ccc2cc(OCc3ccccc3)ccc21. The number of nitrogens with zero attached hydrogens (tertiary/aromatic N) is 1. The first-order valence-corrected chi connectivity index (χ1v) is 7.54. The van der Waals surface area contributed by atoms with Gasteiger partial charge < -0.3 is 14.0 Å². The number of benzene rings is 2. The van der Waals surface area contributed by atoms with Crippen molar-refractivity contribution in [2.75, 3.05) is 7.11 Å². The van der Waals surface area contributed by atoms with E-state index in [4.69, 9.17) is 9.47 Å². The van der Waals surface area contributed by atoms with Crippen LogP contribution in [0.3, 0.4) is 0 Å². The van der Waals surface area contributed by atoms with Gasteiger partial charge in [-0.2, -0.15) is 0 Å². The molecule has 1 heterocycles. The molecule has 0 fully saturated rings. The second-order valence-corrected chi connectivity index (χ2v) is 5.42. The molecule has 1 unspecified atom stereocenters. The highest BCUT2D eigenvalue weighted by Crippen LogP contribution is 2.25. The molecule has 2 aromatic carbocycles. The third-order valence-electron chi connectivity index (χ3n) is 3.90. The Kier molecular flexibility index (Phi) is 4.33. The fraction of sp³-hybridized carbons (Fsp3) is 0.211. The molecule has 0 saturated heterocycles. The van der Waals surface area contributed by atoms with Crippen LogP contribution in [-0.4, -0.2) is 17.6 Å². The van der Waals surface area contributed by atoms with Gasteiger partial charge in [0, 0.05) is 17.1 Å². The van der Waals surface area contributed by atoms with E-state index in [1.807, 2.05) is 72.3 Å². The van der Waals surface area contributed by atoms with Gasteiger partial charge in [0.15, 0.2) is 0 Å². The van der Waals surface area contributed by atoms with E-state index in [2.05, 4.69) is 0 Å². The van der Waals surface area contributed by atoms with Gasteiger partial charge in [-0.05, 0) is 36.8 Å². The van der Waals surface area contributed by atoms with Gasteiger partial charge in [0.05, 0.1) is 7.11 Å². The van der Waals surface area contributed by atoms with Gasteiger partial charge in [0.1, 0.15) is 18.4 Å². The molecule has 0 amide bonds. The fourth-order valence-corrected chi connectivity index (χ4v) is 2.59. The molecule has 4 nitrogen and oxygen atoms in total. The summed E-state index contributed by atoms with van der Waals surface area (Å²) >= 11 is 0. The van der Waals surface area contributed by atoms with Gasteiger partial charge >= 0.3 is 5.97 Å². The molecular formula is C19H19NO3. The highest BCUT2D eigenvalue weighted by atomic mass is 16.5. The molecule has 0 N–H and O–H groups in total. The molecule has 0 bridgehead atoms. The maximum absolute atomic E-state index is 11.7. The zero-order chi connectivity index (χ0) is 16.2. The van der Waals surface area contributed by atoms with E-state index in [1.165, 1.54) is 7.11 Å². The summed E-state index contributed by atoms with van der Waals surface area (Å²) in [6, 6.07) is 17.5. The van der Waals surface area contributed by atoms with E-state index < -0.39 is 0 Å². The molecule has 23 heavy (non-hydrogen) atoms. The Labute approximate surface area is 135 Å². The second kappa shape index (κ2) is 6.57. The maximum Gasteiger partial charge on any atom is 0.328 e. The average Bonchev–Trinajstić information content (AvgIpc) is 3.02. The van der Waals surface area contributed by atoms with E-state index >= 15 is 0 Å². The molecule has 3 rings (SSSR count). The van der Waals surface area contributed by atoms with Gasteiger partial charge in [0.2, 0.25) is 0 Å². The molecule has 118 valence electrons. The lowest BCUT2D eigenvalue weighted by molar-refractivity contribution is -0.143. The van der Waals surface area contributed by atoms with Crippen molar-refractivity contribution in [1.82, 2.24) is 4.57 Å². The van der Waals surface area contributed by atoms with Crippen molar-refractivity contribution in [2.24, 2.45) is 0 Å². The van der Waals surface area contributed by atoms with Crippen LogP contribution in [-0.2, 0) is 16.1 Å². The Bertz CT molecular complexity index is 808. The van der Waals surface area contributed by atoms with Gasteiger partial charge in [-0.15, -0.1) is 0 Å². The lowest BCUT2D eigenvalue weighted by Gasteiger charge is -2.13. The van der Waals surface area contributed by atoms with Crippen LogP contribution in [0.2, 0.25) is 0 Å². The van der Waals surface area contributed by atoms with Crippen molar-refractivity contribution in [3.05, 3.63) is 66.4 Å². The largest absolute Gasteiger partial charge is 0.489 e. The summed E-state index contributed by atoms with van der Waals surface area (Å²) < 4.78 is 12.6. The highest BCUT2D eigenvalue weighted by molar-refractivity contribution is 5.84. The molecule has 0 aliphatic heterocycles. The van der Waals surface area contributed by atoms with Crippen molar-refractivity contribution in [3.8, 4) is 5.75 Å². The molecular weight excluding hydrogens is 290 g/mol. The Morgan fingerprint density at radius 1 is 1.13 bits per heavy atom. The minimum atomic E-state index is -0.353. The van der Waals surface area contributed by atoms with Crippen molar-refractivity contribution in [1.29, 1.82) is 0 Å². The number of hydrogen-bond acceptors (Lipinski definition) is 3. The molecule has 0 aliphatic rings. The lowest BCUT2D eigenvalue weighted by Crippen LogP contribution is -2.16. The summed E-state index contributed by atoms with van der Waals surface area (Å²) in [7, 11) is 1.40. The molecule has 0 spiro atoms. The van der Waals surface area contributed by atoms with Gasteiger partial charge in [-0.25, -0.2) is 4.79 Å². The first-order chi connectivity index (χ1) is 11.2. The quantitative estimate of drug-likeness (QED) is 0.670. The van der Waals surface area contributed by atoms with Crippen LogP contribution in [0.15, 0.2) is 60.8 Å². The first kappa shape index (κ1) is 15.2. The number of carbonyl (C=O) groups is 1. The number of ether oxygens (including phenoxy) is 2. The molecule has 1 aromatic heterocycles. The van der Waals surface area contributed by atoms with Crippen LogP contribution in [0.4, 0.5) is 0 Å². The molecule has 0 radical (unpaired) electrons. The van der Waals surface area contributed by atoms with E-state index in [-0.39, 0.29) is 12.0 Å². The van der Waals surface area contributed by atoms with Crippen molar-refractivity contribution >= 4 is 16.9 Å². The van der Waals surface area contributed by atoms with Crippen molar-refractivity contribution in [2.45, 2.75) is 19.6 Å². The Balaban J connectivity index is 1.79. The van der Waals surface area contributed by atoms with Crippen LogP contribution in [0, 0.1) is 0 Å². The summed E-state index contributed by atoms with van der Waals surface area (Å²) in [5.41, 5.74) is 2.11. The third kappa shape index (κ3) is 3.21.